The van der Waals surface area contributed by atoms with Crippen LogP contribution in [0.3, 0.4) is 0 Å². The molecule has 2 amide bonds. The van der Waals surface area contributed by atoms with Gasteiger partial charge in [0.15, 0.2) is 0 Å². The SMILES string of the molecule is CCOC(=O)[C@@](NC(=O)NCc1ccc(F)cc1)(Oc1ccccc1)C(F)(F)F. The number of alkyl halides is 3. The molecule has 0 saturated heterocycles. The lowest BCUT2D eigenvalue weighted by atomic mass is 10.2. The summed E-state index contributed by atoms with van der Waals surface area (Å²) in [6.07, 6.45) is -5.34. The molecule has 0 bridgehead atoms. The van der Waals surface area contributed by atoms with Crippen LogP contribution >= 0.6 is 0 Å². The molecule has 0 radical (unpaired) electrons. The largest absolute Gasteiger partial charge is 0.461 e. The summed E-state index contributed by atoms with van der Waals surface area (Å²) in [6, 6.07) is 10.3. The van der Waals surface area contributed by atoms with Crippen LogP contribution in [0.2, 0.25) is 0 Å². The Bertz CT molecular complexity index is 828. The highest BCUT2D eigenvalue weighted by Gasteiger charge is 2.66. The van der Waals surface area contributed by atoms with E-state index >= 15 is 0 Å². The Morgan fingerprint density at radius 3 is 2.17 bits per heavy atom. The standard InChI is InChI=1S/C19H18F4N2O4/c1-2-28-16(26)18(19(21,22)23,29-15-6-4-3-5-7-15)25-17(27)24-12-13-8-10-14(20)11-9-13/h3-11H,2,12H2,1H3,(H2,24,25,27)/t18-/m1/s1. The molecule has 0 spiro atoms. The third kappa shape index (κ3) is 5.59. The van der Waals surface area contributed by atoms with Gasteiger partial charge in [0.25, 0.3) is 0 Å². The van der Waals surface area contributed by atoms with Crippen molar-refractivity contribution >= 4 is 12.0 Å². The van der Waals surface area contributed by atoms with Gasteiger partial charge in [0.1, 0.15) is 11.6 Å². The normalized spacial score (nSPS) is 13.1. The van der Waals surface area contributed by atoms with Crippen molar-refractivity contribution in [3.63, 3.8) is 0 Å². The van der Waals surface area contributed by atoms with E-state index in [4.69, 9.17) is 4.74 Å². The second-order valence-electron chi connectivity index (χ2n) is 5.75. The van der Waals surface area contributed by atoms with Crippen LogP contribution in [0.15, 0.2) is 54.6 Å². The van der Waals surface area contributed by atoms with Crippen LogP contribution in [0.4, 0.5) is 22.4 Å². The van der Waals surface area contributed by atoms with Crippen LogP contribution in [0.5, 0.6) is 5.75 Å². The van der Waals surface area contributed by atoms with E-state index in [-0.39, 0.29) is 18.9 Å². The van der Waals surface area contributed by atoms with Crippen molar-refractivity contribution in [1.29, 1.82) is 0 Å². The number of amides is 2. The molecule has 0 aliphatic rings. The molecule has 29 heavy (non-hydrogen) atoms. The summed E-state index contributed by atoms with van der Waals surface area (Å²) in [4.78, 5) is 24.4. The monoisotopic (exact) mass is 414 g/mol. The van der Waals surface area contributed by atoms with Gasteiger partial charge in [0.05, 0.1) is 6.61 Å². The smallest absolute Gasteiger partial charge is 0.460 e. The topological polar surface area (TPSA) is 76.7 Å². The van der Waals surface area contributed by atoms with E-state index < -0.39 is 29.7 Å². The Balaban J connectivity index is 2.25. The lowest BCUT2D eigenvalue weighted by Crippen LogP contribution is -2.69. The van der Waals surface area contributed by atoms with Gasteiger partial charge in [-0.3, -0.25) is 5.32 Å². The Kier molecular flexibility index (Phi) is 7.03. The molecule has 0 heterocycles. The van der Waals surface area contributed by atoms with E-state index in [0.717, 1.165) is 12.1 Å². The summed E-state index contributed by atoms with van der Waals surface area (Å²) in [5.74, 6) is -2.64. The van der Waals surface area contributed by atoms with Crippen molar-refractivity contribution in [2.24, 2.45) is 0 Å². The lowest BCUT2D eigenvalue weighted by molar-refractivity contribution is -0.259. The average Bonchev–Trinajstić information content (AvgIpc) is 2.67. The molecule has 0 fully saturated rings. The minimum atomic E-state index is -5.34. The van der Waals surface area contributed by atoms with Crippen LogP contribution in [-0.4, -0.2) is 30.5 Å². The van der Waals surface area contributed by atoms with Gasteiger partial charge in [-0.05, 0) is 36.8 Å². The number of ether oxygens (including phenoxy) is 2. The number of nitrogens with one attached hydrogen (secondary N) is 2. The third-order valence-electron chi connectivity index (χ3n) is 3.63. The zero-order chi connectivity index (χ0) is 21.5. The number of benzene rings is 2. The number of carbonyl (C=O) groups is 2. The number of hydrogen-bond donors (Lipinski definition) is 2. The van der Waals surface area contributed by atoms with Crippen molar-refractivity contribution in [2.75, 3.05) is 6.61 Å². The molecule has 0 aromatic heterocycles. The number of hydrogen-bond acceptors (Lipinski definition) is 4. The fourth-order valence-corrected chi connectivity index (χ4v) is 2.25. The molecular formula is C19H18F4N2O4. The van der Waals surface area contributed by atoms with Crippen molar-refractivity contribution in [1.82, 2.24) is 10.6 Å². The number of para-hydroxylation sites is 1. The second kappa shape index (κ2) is 9.26. The van der Waals surface area contributed by atoms with E-state index in [0.29, 0.717) is 5.56 Å². The molecule has 10 heteroatoms. The number of urea groups is 1. The van der Waals surface area contributed by atoms with Gasteiger partial charge in [0.2, 0.25) is 0 Å². The van der Waals surface area contributed by atoms with Crippen molar-refractivity contribution in [3.05, 3.63) is 66.0 Å². The first-order chi connectivity index (χ1) is 13.7. The van der Waals surface area contributed by atoms with Crippen molar-refractivity contribution in [3.8, 4) is 5.75 Å². The Morgan fingerprint density at radius 2 is 1.62 bits per heavy atom. The van der Waals surface area contributed by atoms with Crippen LogP contribution in [0.1, 0.15) is 12.5 Å². The van der Waals surface area contributed by atoms with Gasteiger partial charge in [-0.25, -0.2) is 14.0 Å². The number of rotatable bonds is 7. The second-order valence-corrected chi connectivity index (χ2v) is 5.75. The molecule has 6 nitrogen and oxygen atoms in total. The summed E-state index contributed by atoms with van der Waals surface area (Å²) < 4.78 is 64.0. The highest BCUT2D eigenvalue weighted by Crippen LogP contribution is 2.34. The van der Waals surface area contributed by atoms with Gasteiger partial charge in [-0.1, -0.05) is 30.3 Å². The van der Waals surface area contributed by atoms with Gasteiger partial charge >= 0.3 is 23.9 Å². The van der Waals surface area contributed by atoms with Crippen LogP contribution < -0.4 is 15.4 Å². The minimum absolute atomic E-state index is 0.214. The van der Waals surface area contributed by atoms with E-state index in [1.807, 2.05) is 0 Å². The van der Waals surface area contributed by atoms with Crippen LogP contribution in [0.25, 0.3) is 0 Å². The molecule has 0 unspecified atom stereocenters. The highest BCUT2D eigenvalue weighted by molar-refractivity contribution is 5.87. The summed E-state index contributed by atoms with van der Waals surface area (Å²) >= 11 is 0. The third-order valence-corrected chi connectivity index (χ3v) is 3.63. The first kappa shape index (κ1) is 22.0. The van der Waals surface area contributed by atoms with E-state index in [2.05, 4.69) is 10.1 Å². The molecule has 2 rings (SSSR count). The molecule has 2 aromatic rings. The summed E-state index contributed by atoms with van der Waals surface area (Å²) in [7, 11) is 0. The van der Waals surface area contributed by atoms with Crippen LogP contribution in [-0.2, 0) is 16.1 Å². The maximum atomic E-state index is 13.9. The van der Waals surface area contributed by atoms with Gasteiger partial charge < -0.3 is 14.8 Å². The Labute approximate surface area is 163 Å². The first-order valence-corrected chi connectivity index (χ1v) is 8.46. The lowest BCUT2D eigenvalue weighted by Gasteiger charge is -2.33. The summed E-state index contributed by atoms with van der Waals surface area (Å²) in [6.45, 7) is 0.734. The summed E-state index contributed by atoms with van der Waals surface area (Å²) in [5.41, 5.74) is -3.34. The molecule has 2 aromatic carbocycles. The summed E-state index contributed by atoms with van der Waals surface area (Å²) in [5, 5.41) is 3.71. The van der Waals surface area contributed by atoms with E-state index in [1.54, 1.807) is 0 Å². The van der Waals surface area contributed by atoms with E-state index in [9.17, 15) is 27.2 Å². The zero-order valence-corrected chi connectivity index (χ0v) is 15.3. The fraction of sp³-hybridized carbons (Fsp3) is 0.263. The Hall–Kier alpha value is -3.30. The van der Waals surface area contributed by atoms with Crippen molar-refractivity contribution in [2.45, 2.75) is 25.4 Å². The first-order valence-electron chi connectivity index (χ1n) is 8.46. The predicted octanol–water partition coefficient (Wildman–Crippen LogP) is 3.53. The Morgan fingerprint density at radius 1 is 1.00 bits per heavy atom. The van der Waals surface area contributed by atoms with E-state index in [1.165, 1.54) is 54.7 Å². The molecule has 0 saturated carbocycles. The molecule has 1 atom stereocenters. The fourth-order valence-electron chi connectivity index (χ4n) is 2.25. The predicted molar refractivity (Wildman–Crippen MR) is 94.3 cm³/mol. The number of halogens is 4. The van der Waals surface area contributed by atoms with Gasteiger partial charge in [-0.2, -0.15) is 13.2 Å². The maximum absolute atomic E-state index is 13.9. The maximum Gasteiger partial charge on any atom is 0.460 e. The van der Waals surface area contributed by atoms with Gasteiger partial charge in [0, 0.05) is 6.54 Å². The minimum Gasteiger partial charge on any atom is -0.461 e. The van der Waals surface area contributed by atoms with Gasteiger partial charge in [-0.15, -0.1) is 0 Å². The average molecular weight is 414 g/mol. The molecular weight excluding hydrogens is 396 g/mol. The highest BCUT2D eigenvalue weighted by atomic mass is 19.4. The number of esters is 1. The van der Waals surface area contributed by atoms with Crippen molar-refractivity contribution < 1.29 is 36.6 Å². The molecule has 0 aliphatic heterocycles. The zero-order valence-electron chi connectivity index (χ0n) is 15.3. The molecule has 0 aliphatic carbocycles. The quantitative estimate of drug-likeness (QED) is 0.413. The van der Waals surface area contributed by atoms with Crippen LogP contribution in [0, 0.1) is 5.82 Å². The number of carbonyl (C=O) groups excluding carboxylic acids is 2. The molecule has 2 N–H and O–H groups in total. The molecule has 156 valence electrons.